The molecule has 0 aliphatic rings. The molecule has 0 fully saturated rings. The second kappa shape index (κ2) is 5.50. The smallest absolute Gasteiger partial charge is 0.258 e. The lowest BCUT2D eigenvalue weighted by Crippen LogP contribution is -2.10. The first kappa shape index (κ1) is 12.9. The Balaban J connectivity index is 1.78. The fourth-order valence-electron chi connectivity index (χ4n) is 1.95. The topological polar surface area (TPSA) is 67.2 Å². The number of carbonyl (C=O) groups excluding carboxylic acids is 1. The normalized spacial score (nSPS) is 10.3. The Labute approximate surface area is 121 Å². The number of nitrogens with one attached hydrogen (secondary N) is 1. The minimum atomic E-state index is -0.275. The van der Waals surface area contributed by atoms with Gasteiger partial charge >= 0.3 is 0 Å². The second-order valence-corrected chi connectivity index (χ2v) is 4.51. The first-order chi connectivity index (χ1) is 10.2. The van der Waals surface area contributed by atoms with Crippen LogP contribution in [0.2, 0.25) is 0 Å². The highest BCUT2D eigenvalue weighted by Gasteiger charge is 2.10. The van der Waals surface area contributed by atoms with Gasteiger partial charge in [-0.2, -0.15) is 5.10 Å². The Bertz CT molecular complexity index is 766. The van der Waals surface area contributed by atoms with Crippen molar-refractivity contribution in [1.29, 1.82) is 0 Å². The van der Waals surface area contributed by atoms with Crippen molar-refractivity contribution in [2.75, 3.05) is 5.32 Å². The fourth-order valence-corrected chi connectivity index (χ4v) is 1.95. The van der Waals surface area contributed by atoms with Crippen LogP contribution in [-0.4, -0.2) is 20.8 Å². The van der Waals surface area contributed by atoms with E-state index in [0.717, 1.165) is 5.69 Å². The fraction of sp³-hybridized carbons (Fsp3) is 0. The SMILES string of the molecule is O=C(Nc1cccc(O)c1)c1cnn(-c2ccccc2)c1. The summed E-state index contributed by atoms with van der Waals surface area (Å²) >= 11 is 0. The van der Waals surface area contributed by atoms with Crippen molar-refractivity contribution in [2.24, 2.45) is 0 Å². The molecule has 0 aliphatic heterocycles. The van der Waals surface area contributed by atoms with Crippen LogP contribution < -0.4 is 5.32 Å². The molecule has 3 rings (SSSR count). The van der Waals surface area contributed by atoms with Crippen LogP contribution in [0.1, 0.15) is 10.4 Å². The molecule has 1 aromatic heterocycles. The average Bonchev–Trinajstić information content (AvgIpc) is 2.98. The van der Waals surface area contributed by atoms with Gasteiger partial charge in [-0.3, -0.25) is 4.79 Å². The molecule has 0 radical (unpaired) electrons. The summed E-state index contributed by atoms with van der Waals surface area (Å²) in [5.41, 5.74) is 1.86. The van der Waals surface area contributed by atoms with Crippen molar-refractivity contribution >= 4 is 11.6 Å². The highest BCUT2D eigenvalue weighted by Crippen LogP contribution is 2.16. The van der Waals surface area contributed by atoms with E-state index in [1.807, 2.05) is 30.3 Å². The summed E-state index contributed by atoms with van der Waals surface area (Å²) in [6.07, 6.45) is 3.17. The molecule has 2 aromatic carbocycles. The molecule has 2 N–H and O–H groups in total. The summed E-state index contributed by atoms with van der Waals surface area (Å²) in [7, 11) is 0. The maximum atomic E-state index is 12.1. The molecule has 0 unspecified atom stereocenters. The van der Waals surface area contributed by atoms with Crippen LogP contribution in [-0.2, 0) is 0 Å². The van der Waals surface area contributed by atoms with Crippen LogP contribution in [0.5, 0.6) is 5.75 Å². The van der Waals surface area contributed by atoms with E-state index in [9.17, 15) is 9.90 Å². The maximum Gasteiger partial charge on any atom is 0.258 e. The maximum absolute atomic E-state index is 12.1. The van der Waals surface area contributed by atoms with Gasteiger partial charge < -0.3 is 10.4 Å². The summed E-state index contributed by atoms with van der Waals surface area (Å²) in [6, 6.07) is 15.9. The van der Waals surface area contributed by atoms with Crippen LogP contribution in [0.25, 0.3) is 5.69 Å². The number of anilines is 1. The van der Waals surface area contributed by atoms with Crippen LogP contribution >= 0.6 is 0 Å². The third kappa shape index (κ3) is 2.92. The predicted molar refractivity (Wildman–Crippen MR) is 79.6 cm³/mol. The summed E-state index contributed by atoms with van der Waals surface area (Å²) in [5, 5.41) is 16.3. The zero-order valence-electron chi connectivity index (χ0n) is 11.1. The van der Waals surface area contributed by atoms with E-state index < -0.39 is 0 Å². The number of rotatable bonds is 3. The molecule has 0 bridgehead atoms. The van der Waals surface area contributed by atoms with Gasteiger partial charge in [0.1, 0.15) is 5.75 Å². The lowest BCUT2D eigenvalue weighted by molar-refractivity contribution is 0.102. The molecule has 0 saturated heterocycles. The molecule has 104 valence electrons. The lowest BCUT2D eigenvalue weighted by Gasteiger charge is -2.03. The second-order valence-electron chi connectivity index (χ2n) is 4.51. The van der Waals surface area contributed by atoms with Crippen molar-refractivity contribution in [2.45, 2.75) is 0 Å². The van der Waals surface area contributed by atoms with Crippen molar-refractivity contribution < 1.29 is 9.90 Å². The highest BCUT2D eigenvalue weighted by atomic mass is 16.3. The van der Waals surface area contributed by atoms with E-state index in [-0.39, 0.29) is 11.7 Å². The zero-order chi connectivity index (χ0) is 14.7. The number of aromatic nitrogens is 2. The largest absolute Gasteiger partial charge is 0.508 e. The van der Waals surface area contributed by atoms with Gasteiger partial charge in [0.25, 0.3) is 5.91 Å². The number of para-hydroxylation sites is 1. The standard InChI is InChI=1S/C16H13N3O2/c20-15-8-4-5-13(9-15)18-16(21)12-10-17-19(11-12)14-6-2-1-3-7-14/h1-11,20H,(H,18,21). The van der Waals surface area contributed by atoms with E-state index >= 15 is 0 Å². The molecule has 3 aromatic rings. The van der Waals surface area contributed by atoms with Crippen LogP contribution in [0, 0.1) is 0 Å². The Hall–Kier alpha value is -3.08. The molecule has 1 amide bonds. The summed E-state index contributed by atoms with van der Waals surface area (Å²) < 4.78 is 1.64. The molecule has 0 atom stereocenters. The number of phenolic OH excluding ortho intramolecular Hbond substituents is 1. The van der Waals surface area contributed by atoms with Gasteiger partial charge in [0.2, 0.25) is 0 Å². The van der Waals surface area contributed by atoms with Gasteiger partial charge in [-0.25, -0.2) is 4.68 Å². The molecule has 5 nitrogen and oxygen atoms in total. The van der Waals surface area contributed by atoms with E-state index in [4.69, 9.17) is 0 Å². The summed E-state index contributed by atoms with van der Waals surface area (Å²) in [4.78, 5) is 12.1. The summed E-state index contributed by atoms with van der Waals surface area (Å²) in [5.74, 6) is -0.171. The Morgan fingerprint density at radius 1 is 1.10 bits per heavy atom. The van der Waals surface area contributed by atoms with Crippen LogP contribution in [0.3, 0.4) is 0 Å². The van der Waals surface area contributed by atoms with Gasteiger partial charge in [0.05, 0.1) is 17.4 Å². The van der Waals surface area contributed by atoms with Gasteiger partial charge in [0, 0.05) is 18.0 Å². The molecule has 0 aliphatic carbocycles. The zero-order valence-corrected chi connectivity index (χ0v) is 11.1. The Morgan fingerprint density at radius 3 is 2.67 bits per heavy atom. The predicted octanol–water partition coefficient (Wildman–Crippen LogP) is 2.83. The number of hydrogen-bond acceptors (Lipinski definition) is 3. The van der Waals surface area contributed by atoms with Crippen molar-refractivity contribution in [1.82, 2.24) is 9.78 Å². The third-order valence-corrected chi connectivity index (χ3v) is 2.97. The Morgan fingerprint density at radius 2 is 1.90 bits per heavy atom. The average molecular weight is 279 g/mol. The number of aromatic hydroxyl groups is 1. The lowest BCUT2D eigenvalue weighted by atomic mass is 10.2. The molecule has 5 heteroatoms. The monoisotopic (exact) mass is 279 g/mol. The minimum Gasteiger partial charge on any atom is -0.508 e. The van der Waals surface area contributed by atoms with Crippen LogP contribution in [0.15, 0.2) is 67.0 Å². The molecule has 21 heavy (non-hydrogen) atoms. The van der Waals surface area contributed by atoms with Crippen molar-refractivity contribution in [3.63, 3.8) is 0 Å². The third-order valence-electron chi connectivity index (χ3n) is 2.97. The van der Waals surface area contributed by atoms with Gasteiger partial charge in [-0.1, -0.05) is 24.3 Å². The number of carbonyl (C=O) groups is 1. The van der Waals surface area contributed by atoms with E-state index in [0.29, 0.717) is 11.3 Å². The van der Waals surface area contributed by atoms with Gasteiger partial charge in [-0.15, -0.1) is 0 Å². The number of hydrogen-bond donors (Lipinski definition) is 2. The molecule has 0 spiro atoms. The van der Waals surface area contributed by atoms with Gasteiger partial charge in [-0.05, 0) is 24.3 Å². The van der Waals surface area contributed by atoms with Crippen LogP contribution in [0.4, 0.5) is 5.69 Å². The van der Waals surface area contributed by atoms with Crippen molar-refractivity contribution in [3.05, 3.63) is 72.6 Å². The van der Waals surface area contributed by atoms with E-state index in [1.54, 1.807) is 29.1 Å². The van der Waals surface area contributed by atoms with E-state index in [2.05, 4.69) is 10.4 Å². The van der Waals surface area contributed by atoms with Crippen molar-refractivity contribution in [3.8, 4) is 11.4 Å². The quantitative estimate of drug-likeness (QED) is 0.774. The van der Waals surface area contributed by atoms with E-state index in [1.165, 1.54) is 12.3 Å². The number of amides is 1. The number of benzene rings is 2. The van der Waals surface area contributed by atoms with Gasteiger partial charge in [0.15, 0.2) is 0 Å². The number of phenols is 1. The molecule has 1 heterocycles. The molecular formula is C16H13N3O2. The minimum absolute atomic E-state index is 0.104. The Kier molecular flexibility index (Phi) is 3.39. The first-order valence-electron chi connectivity index (χ1n) is 6.43. The number of nitrogens with zero attached hydrogens (tertiary/aromatic N) is 2. The first-order valence-corrected chi connectivity index (χ1v) is 6.43. The summed E-state index contributed by atoms with van der Waals surface area (Å²) in [6.45, 7) is 0. The molecular weight excluding hydrogens is 266 g/mol. The highest BCUT2D eigenvalue weighted by molar-refractivity contribution is 6.04. The molecule has 0 saturated carbocycles.